The van der Waals surface area contributed by atoms with Crippen molar-refractivity contribution in [1.29, 1.82) is 0 Å². The molecule has 4 aliphatic rings. The highest BCUT2D eigenvalue weighted by Gasteiger charge is 2.57. The summed E-state index contributed by atoms with van der Waals surface area (Å²) in [4.78, 5) is 12.4. The third kappa shape index (κ3) is 1.72. The van der Waals surface area contributed by atoms with Gasteiger partial charge in [0.2, 0.25) is 0 Å². The number of hydrogen-bond donors (Lipinski definition) is 0. The van der Waals surface area contributed by atoms with E-state index in [4.69, 9.17) is 0 Å². The van der Waals surface area contributed by atoms with Gasteiger partial charge in [-0.1, -0.05) is 44.6 Å². The van der Waals surface area contributed by atoms with Crippen molar-refractivity contribution in [3.8, 4) is 0 Å². The molecule has 0 N–H and O–H groups in total. The van der Waals surface area contributed by atoms with Crippen molar-refractivity contribution in [2.24, 2.45) is 34.5 Å². The van der Waals surface area contributed by atoms with Crippen LogP contribution in [0.1, 0.15) is 59.3 Å². The van der Waals surface area contributed by atoms with E-state index in [1.54, 1.807) is 5.57 Å². The maximum atomic E-state index is 12.4. The third-order valence-electron chi connectivity index (χ3n) is 7.56. The van der Waals surface area contributed by atoms with E-state index in [1.807, 2.05) is 0 Å². The largest absolute Gasteiger partial charge is 0.299 e. The van der Waals surface area contributed by atoms with Crippen LogP contribution in [-0.2, 0) is 4.79 Å². The predicted octanol–water partition coefficient (Wildman–Crippen LogP) is 4.93. The average Bonchev–Trinajstić information content (AvgIpc) is 2.76. The fourth-order valence-corrected chi connectivity index (χ4v) is 6.18. The Morgan fingerprint density at radius 3 is 2.81 bits per heavy atom. The molecule has 0 aliphatic heterocycles. The van der Waals surface area contributed by atoms with Crippen molar-refractivity contribution in [3.63, 3.8) is 0 Å². The summed E-state index contributed by atoms with van der Waals surface area (Å²) in [6.07, 6.45) is 14.3. The molecule has 4 rings (SSSR count). The number of allylic oxidation sites excluding steroid dienone is 4. The van der Waals surface area contributed by atoms with Gasteiger partial charge in [0.1, 0.15) is 5.78 Å². The maximum Gasteiger partial charge on any atom is 0.139 e. The topological polar surface area (TPSA) is 17.1 Å². The van der Waals surface area contributed by atoms with Gasteiger partial charge in [-0.25, -0.2) is 0 Å². The van der Waals surface area contributed by atoms with Gasteiger partial charge < -0.3 is 0 Å². The summed E-state index contributed by atoms with van der Waals surface area (Å²) in [7, 11) is 0. The lowest BCUT2D eigenvalue weighted by atomic mass is 9.49. The van der Waals surface area contributed by atoms with Crippen LogP contribution in [0.4, 0.5) is 0 Å². The van der Waals surface area contributed by atoms with Crippen LogP contribution in [0.2, 0.25) is 0 Å². The number of rotatable bonds is 0. The lowest BCUT2D eigenvalue weighted by molar-refractivity contribution is -0.131. The monoisotopic (exact) mass is 284 g/mol. The van der Waals surface area contributed by atoms with Crippen LogP contribution >= 0.6 is 0 Å². The zero-order chi connectivity index (χ0) is 14.8. The summed E-state index contributed by atoms with van der Waals surface area (Å²) in [5, 5.41) is 0. The van der Waals surface area contributed by atoms with Gasteiger partial charge in [-0.2, -0.15) is 0 Å². The van der Waals surface area contributed by atoms with Crippen molar-refractivity contribution in [1.82, 2.24) is 0 Å². The van der Waals surface area contributed by atoms with Gasteiger partial charge in [-0.3, -0.25) is 4.79 Å². The molecule has 0 aromatic heterocycles. The van der Waals surface area contributed by atoms with Gasteiger partial charge in [-0.15, -0.1) is 0 Å². The van der Waals surface area contributed by atoms with E-state index in [0.29, 0.717) is 17.6 Å². The quantitative estimate of drug-likeness (QED) is 0.576. The van der Waals surface area contributed by atoms with Crippen molar-refractivity contribution < 1.29 is 4.79 Å². The molecule has 0 radical (unpaired) electrons. The molecule has 21 heavy (non-hydrogen) atoms. The minimum atomic E-state index is 0.00847. The van der Waals surface area contributed by atoms with E-state index in [1.165, 1.54) is 19.3 Å². The summed E-state index contributed by atoms with van der Waals surface area (Å²) >= 11 is 0. The van der Waals surface area contributed by atoms with E-state index in [9.17, 15) is 4.79 Å². The summed E-state index contributed by atoms with van der Waals surface area (Å²) in [5.41, 5.74) is 1.98. The van der Waals surface area contributed by atoms with Crippen LogP contribution in [0.15, 0.2) is 23.8 Å². The Balaban J connectivity index is 1.72. The SMILES string of the molecule is CC1C=C[C@@]2(C)C(=CCC3C2CC[C@]2(C)C(=O)CCC32)C1. The molecule has 2 fully saturated rings. The Kier molecular flexibility index (Phi) is 2.85. The molecule has 0 aromatic rings. The summed E-state index contributed by atoms with van der Waals surface area (Å²) in [6.45, 7) is 7.07. The highest BCUT2D eigenvalue weighted by atomic mass is 16.1. The minimum absolute atomic E-state index is 0.00847. The Labute approximate surface area is 128 Å². The molecule has 4 unspecified atom stereocenters. The van der Waals surface area contributed by atoms with Gasteiger partial charge in [0, 0.05) is 17.3 Å². The van der Waals surface area contributed by atoms with Gasteiger partial charge in [0.25, 0.3) is 0 Å². The number of carbonyl (C=O) groups excluding carboxylic acids is 1. The normalized spacial score (nSPS) is 52.0. The highest BCUT2D eigenvalue weighted by molar-refractivity contribution is 5.87. The van der Waals surface area contributed by atoms with Gasteiger partial charge in [-0.05, 0) is 55.8 Å². The zero-order valence-corrected chi connectivity index (χ0v) is 13.7. The first kappa shape index (κ1) is 13.8. The fourth-order valence-electron chi connectivity index (χ4n) is 6.18. The molecule has 0 heterocycles. The Bertz CT molecular complexity index is 542. The van der Waals surface area contributed by atoms with Crippen molar-refractivity contribution in [2.45, 2.75) is 59.3 Å². The van der Waals surface area contributed by atoms with E-state index >= 15 is 0 Å². The first-order chi connectivity index (χ1) is 9.95. The van der Waals surface area contributed by atoms with Gasteiger partial charge in [0.15, 0.2) is 0 Å². The highest BCUT2D eigenvalue weighted by Crippen LogP contribution is 2.63. The molecule has 4 aliphatic carbocycles. The minimum Gasteiger partial charge on any atom is -0.299 e. The molecule has 0 amide bonds. The molecule has 6 atom stereocenters. The first-order valence-electron chi connectivity index (χ1n) is 8.87. The Morgan fingerprint density at radius 1 is 1.19 bits per heavy atom. The van der Waals surface area contributed by atoms with E-state index in [0.717, 1.165) is 31.1 Å². The molecule has 0 saturated heterocycles. The summed E-state index contributed by atoms with van der Waals surface area (Å²) < 4.78 is 0. The average molecular weight is 284 g/mol. The second-order valence-electron chi connectivity index (χ2n) is 8.58. The molecule has 1 nitrogen and oxygen atoms in total. The second-order valence-corrected chi connectivity index (χ2v) is 8.58. The summed E-state index contributed by atoms with van der Waals surface area (Å²) in [6, 6.07) is 0. The number of Topliss-reactive ketones (excluding diaryl/α,β-unsaturated/α-hetero) is 1. The fraction of sp³-hybridized carbons (Fsp3) is 0.750. The lowest BCUT2D eigenvalue weighted by Gasteiger charge is -2.55. The Morgan fingerprint density at radius 2 is 2.00 bits per heavy atom. The van der Waals surface area contributed by atoms with Crippen LogP contribution in [-0.4, -0.2) is 5.78 Å². The standard InChI is InChI=1S/C20H28O/c1-13-8-10-19(2)14(12-13)4-5-15-16-6-7-18(21)20(16,3)11-9-17(15)19/h4,8,10,13,15-17H,5-7,9,11-12H2,1-3H3/t13?,15?,16?,17?,19-,20-/m0/s1. The first-order valence-corrected chi connectivity index (χ1v) is 8.87. The Hall–Kier alpha value is -0.850. The molecular formula is C20H28O. The number of carbonyl (C=O) groups is 1. The van der Waals surface area contributed by atoms with E-state index < -0.39 is 0 Å². The second kappa shape index (κ2) is 4.33. The molecular weight excluding hydrogens is 256 g/mol. The lowest BCUT2D eigenvalue weighted by Crippen LogP contribution is -2.49. The number of ketones is 1. The predicted molar refractivity (Wildman–Crippen MR) is 85.8 cm³/mol. The van der Waals surface area contributed by atoms with Crippen LogP contribution < -0.4 is 0 Å². The van der Waals surface area contributed by atoms with Crippen molar-refractivity contribution in [3.05, 3.63) is 23.8 Å². The van der Waals surface area contributed by atoms with Crippen molar-refractivity contribution >= 4 is 5.78 Å². The van der Waals surface area contributed by atoms with Gasteiger partial charge in [0.05, 0.1) is 0 Å². The smallest absolute Gasteiger partial charge is 0.139 e. The maximum absolute atomic E-state index is 12.4. The zero-order valence-electron chi connectivity index (χ0n) is 13.7. The molecule has 0 aromatic carbocycles. The molecule has 0 bridgehead atoms. The number of fused-ring (bicyclic) bond motifs is 5. The molecule has 0 spiro atoms. The van der Waals surface area contributed by atoms with Gasteiger partial charge >= 0.3 is 0 Å². The third-order valence-corrected chi connectivity index (χ3v) is 7.56. The molecule has 1 heteroatoms. The van der Waals surface area contributed by atoms with Crippen LogP contribution in [0.25, 0.3) is 0 Å². The molecule has 114 valence electrons. The number of hydrogen-bond acceptors (Lipinski definition) is 1. The van der Waals surface area contributed by atoms with Crippen LogP contribution in [0, 0.1) is 34.5 Å². The van der Waals surface area contributed by atoms with Crippen LogP contribution in [0.3, 0.4) is 0 Å². The van der Waals surface area contributed by atoms with E-state index in [2.05, 4.69) is 39.0 Å². The van der Waals surface area contributed by atoms with E-state index in [-0.39, 0.29) is 10.8 Å². The summed E-state index contributed by atoms with van der Waals surface area (Å²) in [5.74, 6) is 3.40. The molecule has 2 saturated carbocycles. The van der Waals surface area contributed by atoms with Crippen molar-refractivity contribution in [2.75, 3.05) is 0 Å². The van der Waals surface area contributed by atoms with Crippen LogP contribution in [0.5, 0.6) is 0 Å².